The van der Waals surface area contributed by atoms with Crippen LogP contribution in [-0.2, 0) is 6.42 Å². The topological polar surface area (TPSA) is 52.0 Å². The summed E-state index contributed by atoms with van der Waals surface area (Å²) in [6, 6.07) is -1.86. The molecule has 0 fully saturated rings. The molecule has 0 saturated heterocycles. The van der Waals surface area contributed by atoms with Gasteiger partial charge in [0.05, 0.1) is 5.69 Å². The number of alkyl halides is 3. The highest BCUT2D eigenvalue weighted by atomic mass is 19.4. The summed E-state index contributed by atoms with van der Waals surface area (Å²) in [4.78, 5) is 0. The Morgan fingerprint density at radius 1 is 1.43 bits per heavy atom. The first kappa shape index (κ1) is 11.0. The van der Waals surface area contributed by atoms with E-state index in [1.165, 1.54) is 0 Å². The van der Waals surface area contributed by atoms with E-state index in [4.69, 9.17) is 10.3 Å². The minimum absolute atomic E-state index is 0.287. The first-order valence-corrected chi connectivity index (χ1v) is 4.06. The van der Waals surface area contributed by atoms with E-state index in [-0.39, 0.29) is 6.42 Å². The van der Waals surface area contributed by atoms with Crippen molar-refractivity contribution in [1.29, 1.82) is 0 Å². The zero-order chi connectivity index (χ0) is 10.9. The predicted molar refractivity (Wildman–Crippen MR) is 43.7 cm³/mol. The lowest BCUT2D eigenvalue weighted by Crippen LogP contribution is -2.39. The molecule has 1 unspecified atom stereocenters. The maximum Gasteiger partial charge on any atom is 0.403 e. The Labute approximate surface area is 79.1 Å². The van der Waals surface area contributed by atoms with Gasteiger partial charge in [-0.1, -0.05) is 5.16 Å². The molecule has 0 aliphatic rings. The standard InChI is InChI=1S/C8H11F3N2O/c1-4-6(5(2)14-13-4)3-7(12)8(9,10)11/h7H,3,12H2,1-2H3. The van der Waals surface area contributed by atoms with Crippen LogP contribution in [0.25, 0.3) is 0 Å². The molecule has 0 amide bonds. The molecule has 1 atom stereocenters. The van der Waals surface area contributed by atoms with Gasteiger partial charge in [-0.25, -0.2) is 0 Å². The van der Waals surface area contributed by atoms with Crippen LogP contribution in [0.4, 0.5) is 13.2 Å². The molecule has 0 aliphatic carbocycles. The Morgan fingerprint density at radius 3 is 2.36 bits per heavy atom. The quantitative estimate of drug-likeness (QED) is 0.805. The Kier molecular flexibility index (Phi) is 2.84. The third-order valence-electron chi connectivity index (χ3n) is 2.03. The Balaban J connectivity index is 2.79. The molecule has 1 heterocycles. The molecule has 0 bridgehead atoms. The van der Waals surface area contributed by atoms with E-state index in [1.54, 1.807) is 13.8 Å². The van der Waals surface area contributed by atoms with Crippen LogP contribution in [0.1, 0.15) is 17.0 Å². The molecule has 2 N–H and O–H groups in total. The van der Waals surface area contributed by atoms with Gasteiger partial charge in [-0.05, 0) is 13.8 Å². The summed E-state index contributed by atoms with van der Waals surface area (Å²) in [6.45, 7) is 3.16. The molecule has 0 spiro atoms. The molecule has 3 nitrogen and oxygen atoms in total. The van der Waals surface area contributed by atoms with Crippen LogP contribution in [0.2, 0.25) is 0 Å². The molecule has 1 aromatic rings. The summed E-state index contributed by atoms with van der Waals surface area (Å²) in [5, 5.41) is 3.55. The Hall–Kier alpha value is -1.04. The smallest absolute Gasteiger partial charge is 0.361 e. The van der Waals surface area contributed by atoms with Gasteiger partial charge in [-0.3, -0.25) is 0 Å². The second kappa shape index (κ2) is 3.61. The van der Waals surface area contributed by atoms with Crippen molar-refractivity contribution in [1.82, 2.24) is 5.16 Å². The number of hydrogen-bond acceptors (Lipinski definition) is 3. The van der Waals surface area contributed by atoms with Crippen molar-refractivity contribution in [3.05, 3.63) is 17.0 Å². The van der Waals surface area contributed by atoms with Gasteiger partial charge in [0.15, 0.2) is 0 Å². The summed E-state index contributed by atoms with van der Waals surface area (Å²) in [7, 11) is 0. The van der Waals surface area contributed by atoms with Crippen LogP contribution < -0.4 is 5.73 Å². The van der Waals surface area contributed by atoms with Gasteiger partial charge in [-0.15, -0.1) is 0 Å². The zero-order valence-corrected chi connectivity index (χ0v) is 7.85. The van der Waals surface area contributed by atoms with Crippen LogP contribution in [0, 0.1) is 13.8 Å². The van der Waals surface area contributed by atoms with E-state index in [0.29, 0.717) is 17.0 Å². The number of rotatable bonds is 2. The second-order valence-electron chi connectivity index (χ2n) is 3.15. The van der Waals surface area contributed by atoms with Gasteiger partial charge in [0.25, 0.3) is 0 Å². The molecule has 80 valence electrons. The fourth-order valence-corrected chi connectivity index (χ4v) is 1.13. The van der Waals surface area contributed by atoms with Gasteiger partial charge in [-0.2, -0.15) is 13.2 Å². The fraction of sp³-hybridized carbons (Fsp3) is 0.625. The number of nitrogens with two attached hydrogens (primary N) is 1. The fourth-order valence-electron chi connectivity index (χ4n) is 1.13. The largest absolute Gasteiger partial charge is 0.403 e. The number of aryl methyl sites for hydroxylation is 2. The van der Waals surface area contributed by atoms with Crippen molar-refractivity contribution in [2.75, 3.05) is 0 Å². The lowest BCUT2D eigenvalue weighted by Gasteiger charge is -2.14. The molecule has 1 aromatic heterocycles. The molecule has 14 heavy (non-hydrogen) atoms. The monoisotopic (exact) mass is 208 g/mol. The molecule has 0 saturated carbocycles. The first-order valence-electron chi connectivity index (χ1n) is 4.06. The summed E-state index contributed by atoms with van der Waals surface area (Å²) in [5.41, 5.74) is 5.89. The summed E-state index contributed by atoms with van der Waals surface area (Å²) >= 11 is 0. The van der Waals surface area contributed by atoms with Crippen molar-refractivity contribution in [3.8, 4) is 0 Å². The Bertz CT molecular complexity index is 299. The van der Waals surface area contributed by atoms with Crippen molar-refractivity contribution in [2.24, 2.45) is 5.73 Å². The molecular weight excluding hydrogens is 197 g/mol. The van der Waals surface area contributed by atoms with Gasteiger partial charge in [0.2, 0.25) is 0 Å². The number of aromatic nitrogens is 1. The minimum atomic E-state index is -4.38. The van der Waals surface area contributed by atoms with E-state index in [2.05, 4.69) is 5.16 Å². The van der Waals surface area contributed by atoms with Gasteiger partial charge < -0.3 is 10.3 Å². The van der Waals surface area contributed by atoms with Crippen LogP contribution in [0.15, 0.2) is 4.52 Å². The van der Waals surface area contributed by atoms with E-state index in [0.717, 1.165) is 0 Å². The summed E-state index contributed by atoms with van der Waals surface area (Å²) < 4.78 is 41.1. The zero-order valence-electron chi connectivity index (χ0n) is 7.85. The van der Waals surface area contributed by atoms with Crippen LogP contribution in [-0.4, -0.2) is 17.4 Å². The summed E-state index contributed by atoms with van der Waals surface area (Å²) in [5.74, 6) is 0.391. The van der Waals surface area contributed by atoms with E-state index < -0.39 is 12.2 Å². The molecule has 0 aromatic carbocycles. The van der Waals surface area contributed by atoms with E-state index >= 15 is 0 Å². The Morgan fingerprint density at radius 2 is 2.00 bits per heavy atom. The maximum absolute atomic E-state index is 12.1. The third-order valence-corrected chi connectivity index (χ3v) is 2.03. The third kappa shape index (κ3) is 2.25. The first-order chi connectivity index (χ1) is 6.32. The molecule has 0 aliphatic heterocycles. The molecular formula is C8H11F3N2O. The van der Waals surface area contributed by atoms with Crippen molar-refractivity contribution >= 4 is 0 Å². The van der Waals surface area contributed by atoms with E-state index in [9.17, 15) is 13.2 Å². The summed E-state index contributed by atoms with van der Waals surface area (Å²) in [6.07, 6.45) is -4.67. The average molecular weight is 208 g/mol. The van der Waals surface area contributed by atoms with Gasteiger partial charge in [0.1, 0.15) is 11.8 Å². The van der Waals surface area contributed by atoms with Gasteiger partial charge in [0, 0.05) is 12.0 Å². The van der Waals surface area contributed by atoms with Crippen molar-refractivity contribution in [3.63, 3.8) is 0 Å². The SMILES string of the molecule is Cc1noc(C)c1CC(N)C(F)(F)F. The maximum atomic E-state index is 12.1. The molecule has 1 rings (SSSR count). The van der Waals surface area contributed by atoms with Crippen LogP contribution in [0.5, 0.6) is 0 Å². The molecule has 0 radical (unpaired) electrons. The normalized spacial score (nSPS) is 14.4. The van der Waals surface area contributed by atoms with Crippen LogP contribution in [0.3, 0.4) is 0 Å². The number of nitrogens with zero attached hydrogens (tertiary/aromatic N) is 1. The van der Waals surface area contributed by atoms with Crippen LogP contribution >= 0.6 is 0 Å². The minimum Gasteiger partial charge on any atom is -0.361 e. The number of hydrogen-bond donors (Lipinski definition) is 1. The lowest BCUT2D eigenvalue weighted by atomic mass is 10.1. The second-order valence-corrected chi connectivity index (χ2v) is 3.15. The number of halogens is 3. The van der Waals surface area contributed by atoms with E-state index in [1.807, 2.05) is 0 Å². The lowest BCUT2D eigenvalue weighted by molar-refractivity contribution is -0.147. The average Bonchev–Trinajstić information content (AvgIpc) is 2.34. The van der Waals surface area contributed by atoms with Crippen molar-refractivity contribution in [2.45, 2.75) is 32.5 Å². The highest BCUT2D eigenvalue weighted by Crippen LogP contribution is 2.23. The van der Waals surface area contributed by atoms with Gasteiger partial charge >= 0.3 is 6.18 Å². The predicted octanol–water partition coefficient (Wildman–Crippen LogP) is 1.72. The molecule has 6 heteroatoms. The highest BCUT2D eigenvalue weighted by molar-refractivity contribution is 5.22. The highest BCUT2D eigenvalue weighted by Gasteiger charge is 2.37. The van der Waals surface area contributed by atoms with Crippen molar-refractivity contribution < 1.29 is 17.7 Å².